The van der Waals surface area contributed by atoms with Gasteiger partial charge >= 0.3 is 5.69 Å². The van der Waals surface area contributed by atoms with E-state index in [9.17, 15) is 18.4 Å². The lowest BCUT2D eigenvalue weighted by molar-refractivity contribution is 0.0948. The van der Waals surface area contributed by atoms with Gasteiger partial charge in [-0.25, -0.2) is 18.6 Å². The molecule has 1 fully saturated rings. The van der Waals surface area contributed by atoms with Crippen LogP contribution < -0.4 is 15.9 Å². The Balaban J connectivity index is 1.36. The number of amides is 1. The van der Waals surface area contributed by atoms with Crippen LogP contribution in [-0.4, -0.2) is 40.5 Å². The molecule has 1 amide bonds. The molecule has 3 N–H and O–H groups in total. The van der Waals surface area contributed by atoms with Crippen molar-refractivity contribution in [3.8, 4) is 0 Å². The topological polar surface area (TPSA) is 93.9 Å². The van der Waals surface area contributed by atoms with Crippen LogP contribution in [-0.2, 0) is 0 Å². The number of carbonyl (C=O) groups is 1. The Morgan fingerprint density at radius 2 is 2.11 bits per heavy atom. The number of hydrogen-bond donors (Lipinski definition) is 3. The van der Waals surface area contributed by atoms with Crippen molar-refractivity contribution >= 4 is 22.8 Å². The summed E-state index contributed by atoms with van der Waals surface area (Å²) < 4.78 is 26.5. The number of nitrogens with zero attached hydrogens (tertiary/aromatic N) is 2. The molecule has 3 heterocycles. The van der Waals surface area contributed by atoms with E-state index in [1.54, 1.807) is 12.1 Å². The molecule has 1 atom stereocenters. The number of carbonyl (C=O) groups excluding carboxylic acids is 1. The van der Waals surface area contributed by atoms with Crippen LogP contribution in [0.1, 0.15) is 16.8 Å². The van der Waals surface area contributed by atoms with Gasteiger partial charge in [0.25, 0.3) is 5.91 Å². The Labute approximate surface area is 152 Å². The second-order valence-electron chi connectivity index (χ2n) is 6.61. The fraction of sp³-hybridized carbons (Fsp3) is 0.278. The maximum absolute atomic E-state index is 13.4. The third-order valence-electron chi connectivity index (χ3n) is 4.74. The van der Waals surface area contributed by atoms with Gasteiger partial charge in [0.05, 0.1) is 11.1 Å². The van der Waals surface area contributed by atoms with Crippen molar-refractivity contribution in [2.24, 2.45) is 5.92 Å². The molecule has 27 heavy (non-hydrogen) atoms. The average Bonchev–Trinajstić information content (AvgIpc) is 3.26. The lowest BCUT2D eigenvalue weighted by Crippen LogP contribution is -2.31. The summed E-state index contributed by atoms with van der Waals surface area (Å²) in [5.74, 6) is -1.81. The Bertz CT molecular complexity index is 1060. The number of aromatic amines is 2. The van der Waals surface area contributed by atoms with Crippen LogP contribution in [0.5, 0.6) is 0 Å². The van der Waals surface area contributed by atoms with Crippen molar-refractivity contribution in [3.63, 3.8) is 0 Å². The van der Waals surface area contributed by atoms with E-state index in [1.807, 2.05) is 4.90 Å². The summed E-state index contributed by atoms with van der Waals surface area (Å²) in [5.41, 5.74) is 1.48. The highest BCUT2D eigenvalue weighted by Crippen LogP contribution is 2.25. The monoisotopic (exact) mass is 373 g/mol. The van der Waals surface area contributed by atoms with Crippen molar-refractivity contribution in [2.45, 2.75) is 6.42 Å². The number of nitrogens with one attached hydrogen (secondary N) is 3. The quantitative estimate of drug-likeness (QED) is 0.650. The van der Waals surface area contributed by atoms with Crippen LogP contribution in [0.2, 0.25) is 0 Å². The molecule has 1 aliphatic rings. The van der Waals surface area contributed by atoms with Crippen LogP contribution in [0, 0.1) is 17.6 Å². The Morgan fingerprint density at radius 1 is 1.26 bits per heavy atom. The average molecular weight is 373 g/mol. The summed E-state index contributed by atoms with van der Waals surface area (Å²) in [5, 5.41) is 2.86. The molecule has 0 saturated carbocycles. The molecule has 7 nitrogen and oxygen atoms in total. The number of benzene rings is 1. The SMILES string of the molecule is O=C(NCC1CCN(c2ccc(F)c(F)c2)C1)c1cnc2[nH]c(=O)[nH]c2c1. The maximum Gasteiger partial charge on any atom is 0.325 e. The van der Waals surface area contributed by atoms with E-state index in [0.29, 0.717) is 42.0 Å². The Kier molecular flexibility index (Phi) is 4.35. The molecule has 0 radical (unpaired) electrons. The molecule has 1 saturated heterocycles. The van der Waals surface area contributed by atoms with Gasteiger partial charge in [-0.05, 0) is 30.5 Å². The molecule has 0 spiro atoms. The smallest absolute Gasteiger partial charge is 0.325 e. The first-order valence-electron chi connectivity index (χ1n) is 8.56. The molecule has 2 aromatic heterocycles. The summed E-state index contributed by atoms with van der Waals surface area (Å²) in [7, 11) is 0. The summed E-state index contributed by atoms with van der Waals surface area (Å²) in [4.78, 5) is 34.7. The van der Waals surface area contributed by atoms with Crippen LogP contribution in [0.15, 0.2) is 35.3 Å². The fourth-order valence-corrected chi connectivity index (χ4v) is 3.30. The van der Waals surface area contributed by atoms with Gasteiger partial charge in [-0.3, -0.25) is 9.78 Å². The lowest BCUT2D eigenvalue weighted by atomic mass is 10.1. The predicted octanol–water partition coefficient (Wildman–Crippen LogP) is 1.79. The summed E-state index contributed by atoms with van der Waals surface area (Å²) in [6, 6.07) is 5.43. The number of pyridine rings is 1. The van der Waals surface area contributed by atoms with E-state index in [0.717, 1.165) is 12.5 Å². The molecule has 1 aliphatic heterocycles. The van der Waals surface area contributed by atoms with Crippen molar-refractivity contribution in [3.05, 3.63) is 58.1 Å². The van der Waals surface area contributed by atoms with Gasteiger partial charge in [0, 0.05) is 37.6 Å². The number of rotatable bonds is 4. The second kappa shape index (κ2) is 6.82. The number of halogens is 2. The Hall–Kier alpha value is -3.23. The van der Waals surface area contributed by atoms with Gasteiger partial charge in [0.1, 0.15) is 0 Å². The molecule has 4 rings (SSSR count). The van der Waals surface area contributed by atoms with Gasteiger partial charge < -0.3 is 15.2 Å². The van der Waals surface area contributed by atoms with Crippen molar-refractivity contribution in [1.82, 2.24) is 20.3 Å². The zero-order valence-electron chi connectivity index (χ0n) is 14.3. The van der Waals surface area contributed by atoms with Crippen molar-refractivity contribution < 1.29 is 13.6 Å². The normalized spacial score (nSPS) is 16.8. The largest absolute Gasteiger partial charge is 0.371 e. The minimum atomic E-state index is -0.866. The summed E-state index contributed by atoms with van der Waals surface area (Å²) in [6.07, 6.45) is 2.24. The molecule has 0 bridgehead atoms. The molecule has 1 aromatic carbocycles. The predicted molar refractivity (Wildman–Crippen MR) is 95.7 cm³/mol. The summed E-state index contributed by atoms with van der Waals surface area (Å²) in [6.45, 7) is 1.82. The number of fused-ring (bicyclic) bond motifs is 1. The van der Waals surface area contributed by atoms with E-state index in [-0.39, 0.29) is 17.5 Å². The second-order valence-corrected chi connectivity index (χ2v) is 6.61. The van der Waals surface area contributed by atoms with E-state index < -0.39 is 11.6 Å². The third kappa shape index (κ3) is 3.53. The third-order valence-corrected chi connectivity index (χ3v) is 4.74. The molecular weight excluding hydrogens is 356 g/mol. The first-order valence-corrected chi connectivity index (χ1v) is 8.56. The molecule has 1 unspecified atom stereocenters. The molecule has 3 aromatic rings. The fourth-order valence-electron chi connectivity index (χ4n) is 3.30. The molecule has 140 valence electrons. The van der Waals surface area contributed by atoms with Gasteiger partial charge in [0.2, 0.25) is 0 Å². The van der Waals surface area contributed by atoms with E-state index in [1.165, 1.54) is 12.3 Å². The summed E-state index contributed by atoms with van der Waals surface area (Å²) >= 11 is 0. The first-order chi connectivity index (χ1) is 13.0. The van der Waals surface area contributed by atoms with Gasteiger partial charge in [-0.2, -0.15) is 0 Å². The number of imidazole rings is 1. The van der Waals surface area contributed by atoms with Crippen molar-refractivity contribution in [1.29, 1.82) is 0 Å². The van der Waals surface area contributed by atoms with Crippen LogP contribution in [0.25, 0.3) is 11.2 Å². The zero-order valence-corrected chi connectivity index (χ0v) is 14.3. The number of anilines is 1. The first kappa shape index (κ1) is 17.2. The molecule has 9 heteroatoms. The Morgan fingerprint density at radius 3 is 2.93 bits per heavy atom. The standard InChI is InChI=1S/C18H17F2N5O2/c19-13-2-1-12(6-14(13)20)25-4-3-10(9-25)7-22-17(26)11-5-15-16(21-8-11)24-18(27)23-15/h1-2,5-6,8,10H,3-4,7,9H2,(H,22,26)(H2,21,23,24,27). The zero-order chi connectivity index (χ0) is 19.0. The highest BCUT2D eigenvalue weighted by atomic mass is 19.2. The van der Waals surface area contributed by atoms with Crippen molar-refractivity contribution in [2.75, 3.05) is 24.5 Å². The maximum atomic E-state index is 13.4. The highest BCUT2D eigenvalue weighted by molar-refractivity contribution is 5.96. The minimum absolute atomic E-state index is 0.200. The highest BCUT2D eigenvalue weighted by Gasteiger charge is 2.24. The lowest BCUT2D eigenvalue weighted by Gasteiger charge is -2.19. The van der Waals surface area contributed by atoms with E-state index in [2.05, 4.69) is 20.3 Å². The number of H-pyrrole nitrogens is 2. The van der Waals surface area contributed by atoms with E-state index in [4.69, 9.17) is 0 Å². The van der Waals surface area contributed by atoms with E-state index >= 15 is 0 Å². The minimum Gasteiger partial charge on any atom is -0.371 e. The van der Waals surface area contributed by atoms with Gasteiger partial charge in [0.15, 0.2) is 17.3 Å². The van der Waals surface area contributed by atoms with Gasteiger partial charge in [-0.15, -0.1) is 0 Å². The van der Waals surface area contributed by atoms with Crippen LogP contribution >= 0.6 is 0 Å². The van der Waals surface area contributed by atoms with Gasteiger partial charge in [-0.1, -0.05) is 0 Å². The number of hydrogen-bond acceptors (Lipinski definition) is 4. The van der Waals surface area contributed by atoms with Crippen LogP contribution in [0.3, 0.4) is 0 Å². The van der Waals surface area contributed by atoms with Crippen LogP contribution in [0.4, 0.5) is 14.5 Å². The molecule has 0 aliphatic carbocycles. The molecular formula is C18H17F2N5O2. The number of aromatic nitrogens is 3.